The third-order valence-corrected chi connectivity index (χ3v) is 5.83. The van der Waals surface area contributed by atoms with Crippen LogP contribution < -0.4 is 4.90 Å². The van der Waals surface area contributed by atoms with Gasteiger partial charge in [-0.05, 0) is 42.7 Å². The zero-order valence-electron chi connectivity index (χ0n) is 16.4. The molecular formula is C23H25FN2O3. The Morgan fingerprint density at radius 1 is 1.07 bits per heavy atom. The predicted molar refractivity (Wildman–Crippen MR) is 108 cm³/mol. The molecule has 0 saturated carbocycles. The van der Waals surface area contributed by atoms with E-state index in [1.54, 1.807) is 17.0 Å². The maximum Gasteiger partial charge on any atom is 0.252 e. The van der Waals surface area contributed by atoms with Gasteiger partial charge < -0.3 is 14.5 Å². The van der Waals surface area contributed by atoms with Gasteiger partial charge in [0, 0.05) is 37.2 Å². The summed E-state index contributed by atoms with van der Waals surface area (Å²) in [5.41, 5.74) is 1.57. The molecule has 4 rings (SSSR count). The number of nitrogens with zero attached hydrogens (tertiary/aromatic N) is 2. The van der Waals surface area contributed by atoms with E-state index < -0.39 is 0 Å². The molecule has 1 unspecified atom stereocenters. The molecular weight excluding hydrogens is 371 g/mol. The second-order valence-corrected chi connectivity index (χ2v) is 8.00. The average Bonchev–Trinajstić information content (AvgIpc) is 3.08. The van der Waals surface area contributed by atoms with Crippen LogP contribution >= 0.6 is 0 Å². The van der Waals surface area contributed by atoms with Gasteiger partial charge in [-0.3, -0.25) is 9.59 Å². The highest BCUT2D eigenvalue weighted by molar-refractivity contribution is 5.94. The lowest BCUT2D eigenvalue weighted by Crippen LogP contribution is -2.43. The second kappa shape index (κ2) is 8.33. The molecule has 0 aliphatic carbocycles. The lowest BCUT2D eigenvalue weighted by Gasteiger charge is -2.32. The first kappa shape index (κ1) is 19.6. The van der Waals surface area contributed by atoms with E-state index in [1.807, 2.05) is 35.2 Å². The number of ether oxygens (including phenoxy) is 1. The van der Waals surface area contributed by atoms with Crippen molar-refractivity contribution in [2.24, 2.45) is 5.41 Å². The van der Waals surface area contributed by atoms with Crippen molar-refractivity contribution < 1.29 is 18.7 Å². The molecule has 0 aromatic heterocycles. The molecule has 1 spiro atoms. The Bertz CT molecular complexity index is 871. The Morgan fingerprint density at radius 3 is 2.59 bits per heavy atom. The van der Waals surface area contributed by atoms with Crippen LogP contribution in [0.15, 0.2) is 54.6 Å². The summed E-state index contributed by atoms with van der Waals surface area (Å²) in [5.74, 6) is -0.227. The van der Waals surface area contributed by atoms with Crippen LogP contribution in [-0.4, -0.2) is 49.6 Å². The van der Waals surface area contributed by atoms with Gasteiger partial charge in [0.1, 0.15) is 12.4 Å². The predicted octanol–water partition coefficient (Wildman–Crippen LogP) is 3.04. The zero-order valence-corrected chi connectivity index (χ0v) is 16.4. The highest BCUT2D eigenvalue weighted by atomic mass is 19.1. The summed E-state index contributed by atoms with van der Waals surface area (Å²) in [4.78, 5) is 29.0. The quantitative estimate of drug-likeness (QED) is 0.798. The molecule has 29 heavy (non-hydrogen) atoms. The Balaban J connectivity index is 1.40. The van der Waals surface area contributed by atoms with E-state index in [2.05, 4.69) is 0 Å². The first-order valence-corrected chi connectivity index (χ1v) is 10.0. The van der Waals surface area contributed by atoms with E-state index in [0.29, 0.717) is 39.1 Å². The molecule has 0 radical (unpaired) electrons. The maximum atomic E-state index is 13.0. The standard InChI is InChI=1S/C23H25FN2O3/c24-19-9-6-18(7-10-19)8-11-21(27)25-13-12-23(15-25)16-26(22(28)14-29-17-23)20-4-2-1-3-5-20/h1-7,9-10H,8,11-17H2. The number of rotatable bonds is 4. The van der Waals surface area contributed by atoms with E-state index in [4.69, 9.17) is 4.74 Å². The SMILES string of the molecule is O=C(CCc1ccc(F)cc1)N1CCC2(COCC(=O)N(c3ccccc3)C2)C1. The van der Waals surface area contributed by atoms with E-state index in [9.17, 15) is 14.0 Å². The van der Waals surface area contributed by atoms with Crippen LogP contribution in [-0.2, 0) is 20.7 Å². The van der Waals surface area contributed by atoms with Crippen LogP contribution in [0, 0.1) is 11.2 Å². The van der Waals surface area contributed by atoms with Crippen molar-refractivity contribution in [1.29, 1.82) is 0 Å². The fraction of sp³-hybridized carbons (Fsp3) is 0.391. The van der Waals surface area contributed by atoms with Crippen molar-refractivity contribution in [3.05, 3.63) is 66.0 Å². The van der Waals surface area contributed by atoms with Gasteiger partial charge >= 0.3 is 0 Å². The third kappa shape index (κ3) is 4.48. The fourth-order valence-electron chi connectivity index (χ4n) is 4.20. The minimum Gasteiger partial charge on any atom is -0.371 e. The summed E-state index contributed by atoms with van der Waals surface area (Å²) >= 11 is 0. The van der Waals surface area contributed by atoms with E-state index in [0.717, 1.165) is 17.7 Å². The molecule has 2 heterocycles. The number of amides is 2. The molecule has 152 valence electrons. The minimum atomic E-state index is -0.271. The molecule has 1 atom stereocenters. The molecule has 0 bridgehead atoms. The van der Waals surface area contributed by atoms with Gasteiger partial charge in [0.2, 0.25) is 5.91 Å². The van der Waals surface area contributed by atoms with Crippen molar-refractivity contribution in [2.75, 3.05) is 37.7 Å². The number of carbonyl (C=O) groups excluding carboxylic acids is 2. The average molecular weight is 396 g/mol. The zero-order chi connectivity index (χ0) is 20.3. The summed E-state index contributed by atoms with van der Waals surface area (Å²) in [6, 6.07) is 15.9. The lowest BCUT2D eigenvalue weighted by molar-refractivity contribution is -0.130. The molecule has 2 aromatic rings. The van der Waals surface area contributed by atoms with Gasteiger partial charge in [-0.1, -0.05) is 30.3 Å². The largest absolute Gasteiger partial charge is 0.371 e. The van der Waals surface area contributed by atoms with Crippen molar-refractivity contribution in [3.8, 4) is 0 Å². The van der Waals surface area contributed by atoms with E-state index in [-0.39, 0.29) is 29.7 Å². The van der Waals surface area contributed by atoms with Crippen molar-refractivity contribution in [3.63, 3.8) is 0 Å². The Morgan fingerprint density at radius 2 is 1.83 bits per heavy atom. The maximum absolute atomic E-state index is 13.0. The highest BCUT2D eigenvalue weighted by Crippen LogP contribution is 2.35. The Kier molecular flexibility index (Phi) is 5.62. The fourth-order valence-corrected chi connectivity index (χ4v) is 4.20. The highest BCUT2D eigenvalue weighted by Gasteiger charge is 2.44. The molecule has 2 fully saturated rings. The van der Waals surface area contributed by atoms with Crippen molar-refractivity contribution >= 4 is 17.5 Å². The van der Waals surface area contributed by atoms with Crippen LogP contribution in [0.3, 0.4) is 0 Å². The first-order chi connectivity index (χ1) is 14.0. The summed E-state index contributed by atoms with van der Waals surface area (Å²) in [6.45, 7) is 2.35. The Labute approximate surface area is 170 Å². The number of halogens is 1. The molecule has 0 N–H and O–H groups in total. The van der Waals surface area contributed by atoms with Gasteiger partial charge in [0.05, 0.1) is 6.61 Å². The third-order valence-electron chi connectivity index (χ3n) is 5.83. The molecule has 2 aliphatic rings. The molecule has 2 aromatic carbocycles. The molecule has 2 aliphatic heterocycles. The monoisotopic (exact) mass is 396 g/mol. The number of aryl methyl sites for hydroxylation is 1. The molecule has 2 amide bonds. The first-order valence-electron chi connectivity index (χ1n) is 10.0. The van der Waals surface area contributed by atoms with Crippen LogP contribution in [0.1, 0.15) is 18.4 Å². The summed E-state index contributed by atoms with van der Waals surface area (Å²) < 4.78 is 18.7. The molecule has 5 nitrogen and oxygen atoms in total. The van der Waals surface area contributed by atoms with Gasteiger partial charge in [0.25, 0.3) is 5.91 Å². The number of anilines is 1. The number of benzene rings is 2. The smallest absolute Gasteiger partial charge is 0.252 e. The number of carbonyl (C=O) groups is 2. The minimum absolute atomic E-state index is 0.0471. The van der Waals surface area contributed by atoms with E-state index >= 15 is 0 Å². The van der Waals surface area contributed by atoms with Gasteiger partial charge in [-0.2, -0.15) is 0 Å². The summed E-state index contributed by atoms with van der Waals surface area (Å²) in [6.07, 6.45) is 1.80. The Hall–Kier alpha value is -2.73. The summed E-state index contributed by atoms with van der Waals surface area (Å²) in [5, 5.41) is 0. The topological polar surface area (TPSA) is 49.9 Å². The van der Waals surface area contributed by atoms with Crippen molar-refractivity contribution in [2.45, 2.75) is 19.3 Å². The van der Waals surface area contributed by atoms with Crippen molar-refractivity contribution in [1.82, 2.24) is 4.90 Å². The second-order valence-electron chi connectivity index (χ2n) is 8.00. The van der Waals surface area contributed by atoms with Crippen LogP contribution in [0.4, 0.5) is 10.1 Å². The normalized spacial score (nSPS) is 22.2. The number of para-hydroxylation sites is 1. The number of likely N-dealkylation sites (tertiary alicyclic amines) is 1. The lowest BCUT2D eigenvalue weighted by atomic mass is 9.87. The van der Waals surface area contributed by atoms with Gasteiger partial charge in [-0.25, -0.2) is 4.39 Å². The number of hydrogen-bond donors (Lipinski definition) is 0. The summed E-state index contributed by atoms with van der Waals surface area (Å²) in [7, 11) is 0. The van der Waals surface area contributed by atoms with Gasteiger partial charge in [-0.15, -0.1) is 0 Å². The van der Waals surface area contributed by atoms with Crippen LogP contribution in [0.2, 0.25) is 0 Å². The van der Waals surface area contributed by atoms with Gasteiger partial charge in [0.15, 0.2) is 0 Å². The van der Waals surface area contributed by atoms with Crippen LogP contribution in [0.25, 0.3) is 0 Å². The van der Waals surface area contributed by atoms with Crippen LogP contribution in [0.5, 0.6) is 0 Å². The molecule has 2 saturated heterocycles. The van der Waals surface area contributed by atoms with E-state index in [1.165, 1.54) is 12.1 Å². The molecule has 6 heteroatoms. The number of hydrogen-bond acceptors (Lipinski definition) is 3.